The van der Waals surface area contributed by atoms with Crippen molar-refractivity contribution in [2.75, 3.05) is 0 Å². The van der Waals surface area contributed by atoms with Crippen LogP contribution in [-0.4, -0.2) is 9.38 Å². The summed E-state index contributed by atoms with van der Waals surface area (Å²) in [4.78, 5) is 4.51. The number of pyridine rings is 1. The van der Waals surface area contributed by atoms with E-state index in [1.54, 1.807) is 0 Å². The van der Waals surface area contributed by atoms with Crippen LogP contribution in [-0.2, 0) is 6.42 Å². The Morgan fingerprint density at radius 1 is 1.06 bits per heavy atom. The normalized spacial score (nSPS) is 10.9. The summed E-state index contributed by atoms with van der Waals surface area (Å²) in [6, 6.07) is 14.6. The molecule has 0 aliphatic rings. The molecular formula is C15H14N2. The van der Waals surface area contributed by atoms with Gasteiger partial charge in [0.25, 0.3) is 0 Å². The Hall–Kier alpha value is -2.09. The third-order valence-electron chi connectivity index (χ3n) is 3.06. The number of nitrogens with zero attached hydrogens (tertiary/aromatic N) is 2. The minimum Gasteiger partial charge on any atom is -0.303 e. The zero-order valence-corrected chi connectivity index (χ0v) is 9.80. The Bertz CT molecular complexity index is 638. The summed E-state index contributed by atoms with van der Waals surface area (Å²) in [6.45, 7) is 2.11. The van der Waals surface area contributed by atoms with E-state index in [9.17, 15) is 0 Å². The van der Waals surface area contributed by atoms with Gasteiger partial charge in [0.1, 0.15) is 5.82 Å². The van der Waals surface area contributed by atoms with E-state index < -0.39 is 0 Å². The summed E-state index contributed by atoms with van der Waals surface area (Å²) in [6.07, 6.45) is 4.90. The van der Waals surface area contributed by atoms with Gasteiger partial charge >= 0.3 is 0 Å². The van der Waals surface area contributed by atoms with Gasteiger partial charge in [0.05, 0.1) is 11.7 Å². The van der Waals surface area contributed by atoms with Crippen molar-refractivity contribution >= 4 is 5.52 Å². The molecule has 2 heteroatoms. The number of hydrogen-bond donors (Lipinski definition) is 0. The molecule has 1 aromatic carbocycles. The Balaban J connectivity index is 2.05. The van der Waals surface area contributed by atoms with Gasteiger partial charge in [-0.2, -0.15) is 0 Å². The van der Waals surface area contributed by atoms with Crippen molar-refractivity contribution < 1.29 is 0 Å². The highest BCUT2D eigenvalue weighted by Crippen LogP contribution is 2.14. The average molecular weight is 222 g/mol. The number of hydrogen-bond acceptors (Lipinski definition) is 1. The molecule has 0 amide bonds. The van der Waals surface area contributed by atoms with Crippen LogP contribution in [0.2, 0.25) is 0 Å². The van der Waals surface area contributed by atoms with Crippen LogP contribution in [0.4, 0.5) is 0 Å². The van der Waals surface area contributed by atoms with Gasteiger partial charge in [0, 0.05) is 12.6 Å². The van der Waals surface area contributed by atoms with Crippen molar-refractivity contribution in [2.45, 2.75) is 13.3 Å². The van der Waals surface area contributed by atoms with Gasteiger partial charge in [-0.1, -0.05) is 36.4 Å². The molecule has 0 saturated carbocycles. The van der Waals surface area contributed by atoms with Crippen LogP contribution in [0.1, 0.15) is 17.0 Å². The predicted molar refractivity (Wildman–Crippen MR) is 69.2 cm³/mol. The highest BCUT2D eigenvalue weighted by Gasteiger charge is 2.05. The molecule has 0 atom stereocenters. The zero-order chi connectivity index (χ0) is 11.7. The Labute approximate surface area is 101 Å². The molecule has 0 aliphatic carbocycles. The molecule has 84 valence electrons. The quantitative estimate of drug-likeness (QED) is 0.650. The highest BCUT2D eigenvalue weighted by atomic mass is 15.0. The molecule has 0 N–H and O–H groups in total. The first-order valence-electron chi connectivity index (χ1n) is 5.80. The molecule has 17 heavy (non-hydrogen) atoms. The van der Waals surface area contributed by atoms with Gasteiger partial charge < -0.3 is 4.40 Å². The maximum Gasteiger partial charge on any atom is 0.117 e. The molecule has 0 aliphatic heterocycles. The lowest BCUT2D eigenvalue weighted by molar-refractivity contribution is 0.959. The minimum atomic E-state index is 0.873. The smallest absolute Gasteiger partial charge is 0.117 e. The van der Waals surface area contributed by atoms with Gasteiger partial charge in [0.15, 0.2) is 0 Å². The molecule has 2 aromatic heterocycles. The molecule has 0 radical (unpaired) electrons. The van der Waals surface area contributed by atoms with E-state index in [0.29, 0.717) is 0 Å². The van der Waals surface area contributed by atoms with Gasteiger partial charge in [0.2, 0.25) is 0 Å². The first-order valence-corrected chi connectivity index (χ1v) is 5.80. The second kappa shape index (κ2) is 4.06. The van der Waals surface area contributed by atoms with Crippen LogP contribution in [0.3, 0.4) is 0 Å². The molecule has 0 saturated heterocycles. The highest BCUT2D eigenvalue weighted by molar-refractivity contribution is 5.53. The molecule has 2 nitrogen and oxygen atoms in total. The summed E-state index contributed by atoms with van der Waals surface area (Å²) >= 11 is 0. The van der Waals surface area contributed by atoms with Crippen molar-refractivity contribution in [1.82, 2.24) is 9.38 Å². The molecule has 0 unspecified atom stereocenters. The summed E-state index contributed by atoms with van der Waals surface area (Å²) in [7, 11) is 0. The third kappa shape index (κ3) is 1.82. The molecule has 0 bridgehead atoms. The van der Waals surface area contributed by atoms with Crippen LogP contribution in [0.25, 0.3) is 5.52 Å². The Morgan fingerprint density at radius 3 is 2.71 bits per heavy atom. The number of rotatable bonds is 2. The summed E-state index contributed by atoms with van der Waals surface area (Å²) < 4.78 is 2.17. The second-order valence-corrected chi connectivity index (χ2v) is 4.28. The largest absolute Gasteiger partial charge is 0.303 e. The lowest BCUT2D eigenvalue weighted by atomic mass is 10.1. The van der Waals surface area contributed by atoms with Crippen LogP contribution in [0.15, 0.2) is 54.9 Å². The SMILES string of the molecule is Cc1cccn2c(Cc3ccccc3)ncc12. The Kier molecular flexibility index (Phi) is 2.41. The average Bonchev–Trinajstić information content (AvgIpc) is 2.76. The predicted octanol–water partition coefficient (Wildman–Crippen LogP) is 3.23. The van der Waals surface area contributed by atoms with Crippen LogP contribution in [0.5, 0.6) is 0 Å². The van der Waals surface area contributed by atoms with Crippen LogP contribution >= 0.6 is 0 Å². The van der Waals surface area contributed by atoms with E-state index in [-0.39, 0.29) is 0 Å². The van der Waals surface area contributed by atoms with Crippen molar-refractivity contribution in [3.05, 3.63) is 71.8 Å². The fraction of sp³-hybridized carbons (Fsp3) is 0.133. The van der Waals surface area contributed by atoms with Gasteiger partial charge in [-0.3, -0.25) is 0 Å². The summed E-state index contributed by atoms with van der Waals surface area (Å²) in [5.74, 6) is 1.09. The summed E-state index contributed by atoms with van der Waals surface area (Å²) in [5, 5.41) is 0. The molecule has 0 fully saturated rings. The standard InChI is InChI=1S/C15H14N2/c1-12-6-5-9-17-14(12)11-16-15(17)10-13-7-3-2-4-8-13/h2-9,11H,10H2,1H3. The van der Waals surface area contributed by atoms with E-state index in [1.807, 2.05) is 12.3 Å². The first-order chi connectivity index (χ1) is 8.34. The van der Waals surface area contributed by atoms with Gasteiger partial charge in [-0.05, 0) is 24.1 Å². The van der Waals surface area contributed by atoms with Gasteiger partial charge in [-0.15, -0.1) is 0 Å². The lowest BCUT2D eigenvalue weighted by Gasteiger charge is -2.02. The maximum atomic E-state index is 4.51. The van der Waals surface area contributed by atoms with Crippen molar-refractivity contribution in [1.29, 1.82) is 0 Å². The molecule has 3 aromatic rings. The number of benzene rings is 1. The fourth-order valence-corrected chi connectivity index (χ4v) is 2.13. The lowest BCUT2D eigenvalue weighted by Crippen LogP contribution is -1.96. The van der Waals surface area contributed by atoms with E-state index in [0.717, 1.165) is 12.2 Å². The number of fused-ring (bicyclic) bond motifs is 1. The van der Waals surface area contributed by atoms with Crippen LogP contribution in [0, 0.1) is 6.92 Å². The molecule has 2 heterocycles. The molecule has 0 spiro atoms. The second-order valence-electron chi connectivity index (χ2n) is 4.28. The number of imidazole rings is 1. The number of aromatic nitrogens is 2. The van der Waals surface area contributed by atoms with Crippen molar-refractivity contribution in [3.8, 4) is 0 Å². The van der Waals surface area contributed by atoms with E-state index in [1.165, 1.54) is 16.6 Å². The maximum absolute atomic E-state index is 4.51. The minimum absolute atomic E-state index is 0.873. The third-order valence-corrected chi connectivity index (χ3v) is 3.06. The van der Waals surface area contributed by atoms with Gasteiger partial charge in [-0.25, -0.2) is 4.98 Å². The zero-order valence-electron chi connectivity index (χ0n) is 9.80. The fourth-order valence-electron chi connectivity index (χ4n) is 2.13. The Morgan fingerprint density at radius 2 is 1.88 bits per heavy atom. The van der Waals surface area contributed by atoms with Crippen molar-refractivity contribution in [2.24, 2.45) is 0 Å². The first kappa shape index (κ1) is 10.1. The molecular weight excluding hydrogens is 208 g/mol. The van der Waals surface area contributed by atoms with Crippen molar-refractivity contribution in [3.63, 3.8) is 0 Å². The van der Waals surface area contributed by atoms with E-state index >= 15 is 0 Å². The van der Waals surface area contributed by atoms with E-state index in [2.05, 4.69) is 58.9 Å². The van der Waals surface area contributed by atoms with Crippen LogP contribution < -0.4 is 0 Å². The monoisotopic (exact) mass is 222 g/mol. The van der Waals surface area contributed by atoms with E-state index in [4.69, 9.17) is 0 Å². The molecule has 3 rings (SSSR count). The number of aryl methyl sites for hydroxylation is 1. The summed E-state index contributed by atoms with van der Waals surface area (Å²) in [5.41, 5.74) is 3.75. The topological polar surface area (TPSA) is 17.3 Å².